The molecule has 0 fully saturated rings. The molecular formula is C18H17F2NO3. The molecule has 0 saturated heterocycles. The van der Waals surface area contributed by atoms with Gasteiger partial charge < -0.3 is 10.1 Å². The van der Waals surface area contributed by atoms with Crippen LogP contribution >= 0.6 is 0 Å². The van der Waals surface area contributed by atoms with Crippen LogP contribution in [0.1, 0.15) is 24.2 Å². The van der Waals surface area contributed by atoms with E-state index in [0.717, 1.165) is 18.2 Å². The summed E-state index contributed by atoms with van der Waals surface area (Å²) in [5.74, 6) is -3.71. The van der Waals surface area contributed by atoms with Crippen LogP contribution in [0.25, 0.3) is 0 Å². The highest BCUT2D eigenvalue weighted by atomic mass is 19.1. The molecule has 6 heteroatoms. The number of amides is 1. The zero-order chi connectivity index (χ0) is 17.7. The van der Waals surface area contributed by atoms with E-state index in [2.05, 4.69) is 5.32 Å². The predicted molar refractivity (Wildman–Crippen MR) is 84.5 cm³/mol. The maximum Gasteiger partial charge on any atom is 0.334 e. The van der Waals surface area contributed by atoms with Gasteiger partial charge >= 0.3 is 5.97 Å². The van der Waals surface area contributed by atoms with E-state index >= 15 is 0 Å². The molecule has 0 aromatic heterocycles. The van der Waals surface area contributed by atoms with Gasteiger partial charge in [0.25, 0.3) is 5.91 Å². The van der Waals surface area contributed by atoms with E-state index in [1.807, 2.05) is 0 Å². The number of carbonyl (C=O) groups excluding carboxylic acids is 2. The number of nitrogens with one attached hydrogen (secondary N) is 1. The Morgan fingerprint density at radius 2 is 1.54 bits per heavy atom. The maximum atomic E-state index is 13.7. The van der Waals surface area contributed by atoms with Gasteiger partial charge in [0.1, 0.15) is 29.0 Å². The van der Waals surface area contributed by atoms with Gasteiger partial charge in [0.2, 0.25) is 0 Å². The van der Waals surface area contributed by atoms with E-state index < -0.39 is 35.1 Å². The molecule has 0 aliphatic heterocycles. The second-order valence-electron chi connectivity index (χ2n) is 5.53. The maximum absolute atomic E-state index is 13.7. The normalized spacial score (nSPS) is 11.9. The van der Waals surface area contributed by atoms with Gasteiger partial charge in [-0.05, 0) is 30.2 Å². The first-order chi connectivity index (χ1) is 11.4. The second kappa shape index (κ2) is 7.68. The minimum Gasteiger partial charge on any atom is -0.425 e. The van der Waals surface area contributed by atoms with Crippen LogP contribution in [-0.4, -0.2) is 17.9 Å². The van der Waals surface area contributed by atoms with Gasteiger partial charge in [0, 0.05) is 0 Å². The van der Waals surface area contributed by atoms with E-state index in [1.165, 1.54) is 0 Å². The van der Waals surface area contributed by atoms with Crippen molar-refractivity contribution in [1.82, 2.24) is 5.32 Å². The third kappa shape index (κ3) is 4.16. The molecule has 24 heavy (non-hydrogen) atoms. The van der Waals surface area contributed by atoms with E-state index in [0.29, 0.717) is 5.75 Å². The number of hydrogen-bond donors (Lipinski definition) is 1. The fourth-order valence-corrected chi connectivity index (χ4v) is 2.09. The highest BCUT2D eigenvalue weighted by molar-refractivity contribution is 5.97. The first-order valence-electron chi connectivity index (χ1n) is 7.41. The Bertz CT molecular complexity index is 712. The van der Waals surface area contributed by atoms with Gasteiger partial charge in [0.05, 0.1) is 0 Å². The quantitative estimate of drug-likeness (QED) is 0.674. The summed E-state index contributed by atoms with van der Waals surface area (Å²) >= 11 is 0. The first-order valence-corrected chi connectivity index (χ1v) is 7.41. The highest BCUT2D eigenvalue weighted by Gasteiger charge is 2.28. The number of para-hydroxylation sites is 1. The summed E-state index contributed by atoms with van der Waals surface area (Å²) < 4.78 is 32.6. The molecule has 0 bridgehead atoms. The van der Waals surface area contributed by atoms with Crippen molar-refractivity contribution in [2.45, 2.75) is 19.9 Å². The number of carbonyl (C=O) groups is 2. The Balaban J connectivity index is 2.16. The lowest BCUT2D eigenvalue weighted by atomic mass is 10.0. The van der Waals surface area contributed by atoms with Gasteiger partial charge in [-0.25, -0.2) is 13.6 Å². The van der Waals surface area contributed by atoms with E-state index in [9.17, 15) is 18.4 Å². The van der Waals surface area contributed by atoms with Crippen molar-refractivity contribution in [1.29, 1.82) is 0 Å². The Morgan fingerprint density at radius 3 is 2.08 bits per heavy atom. The molecule has 2 aromatic rings. The second-order valence-corrected chi connectivity index (χ2v) is 5.53. The predicted octanol–water partition coefficient (Wildman–Crippen LogP) is 3.32. The Kier molecular flexibility index (Phi) is 5.63. The van der Waals surface area contributed by atoms with Crippen LogP contribution < -0.4 is 10.1 Å². The van der Waals surface area contributed by atoms with Gasteiger partial charge in [-0.1, -0.05) is 38.1 Å². The molecule has 2 rings (SSSR count). The summed E-state index contributed by atoms with van der Waals surface area (Å²) in [6.07, 6.45) is 0. The molecule has 0 aliphatic carbocycles. The zero-order valence-corrected chi connectivity index (χ0v) is 13.3. The number of benzene rings is 2. The van der Waals surface area contributed by atoms with Crippen LogP contribution in [0.2, 0.25) is 0 Å². The molecule has 0 heterocycles. The monoisotopic (exact) mass is 333 g/mol. The smallest absolute Gasteiger partial charge is 0.334 e. The van der Waals surface area contributed by atoms with Crippen molar-refractivity contribution in [2.75, 3.05) is 0 Å². The van der Waals surface area contributed by atoms with Crippen molar-refractivity contribution in [3.05, 3.63) is 65.7 Å². The molecule has 1 atom stereocenters. The SMILES string of the molecule is CC(C)[C@H](NC(=O)c1c(F)cccc1F)C(=O)Oc1ccccc1. The van der Waals surface area contributed by atoms with Gasteiger partial charge in [-0.15, -0.1) is 0 Å². The molecule has 0 saturated carbocycles. The van der Waals surface area contributed by atoms with Crippen molar-refractivity contribution in [3.8, 4) is 5.75 Å². The van der Waals surface area contributed by atoms with Crippen LogP contribution in [0.15, 0.2) is 48.5 Å². The van der Waals surface area contributed by atoms with Crippen molar-refractivity contribution >= 4 is 11.9 Å². The number of ether oxygens (including phenoxy) is 1. The zero-order valence-electron chi connectivity index (χ0n) is 13.3. The Labute approximate surface area is 138 Å². The molecule has 2 aromatic carbocycles. The van der Waals surface area contributed by atoms with Crippen molar-refractivity contribution in [3.63, 3.8) is 0 Å². The van der Waals surface area contributed by atoms with Gasteiger partial charge in [-0.2, -0.15) is 0 Å². The minimum atomic E-state index is -1.04. The molecule has 0 aliphatic rings. The molecule has 0 spiro atoms. The third-order valence-electron chi connectivity index (χ3n) is 3.36. The molecule has 0 radical (unpaired) electrons. The summed E-state index contributed by atoms with van der Waals surface area (Å²) in [5, 5.41) is 2.34. The fourth-order valence-electron chi connectivity index (χ4n) is 2.09. The Hall–Kier alpha value is -2.76. The standard InChI is InChI=1S/C18H17F2NO3/c1-11(2)16(18(23)24-12-7-4-3-5-8-12)21-17(22)15-13(19)9-6-10-14(15)20/h3-11,16H,1-2H3,(H,21,22)/t16-/m0/s1. The lowest BCUT2D eigenvalue weighted by Crippen LogP contribution is -2.46. The van der Waals surface area contributed by atoms with E-state index in [1.54, 1.807) is 44.2 Å². The van der Waals surface area contributed by atoms with Crippen LogP contribution in [0.4, 0.5) is 8.78 Å². The summed E-state index contributed by atoms with van der Waals surface area (Å²) in [6.45, 7) is 3.38. The van der Waals surface area contributed by atoms with Crippen LogP contribution in [0, 0.1) is 17.6 Å². The number of rotatable bonds is 5. The average molecular weight is 333 g/mol. The van der Waals surface area contributed by atoms with Crippen LogP contribution in [0.5, 0.6) is 5.75 Å². The fraction of sp³-hybridized carbons (Fsp3) is 0.222. The van der Waals surface area contributed by atoms with Crippen molar-refractivity contribution < 1.29 is 23.1 Å². The molecule has 126 valence electrons. The number of esters is 1. The van der Waals surface area contributed by atoms with Gasteiger partial charge in [0.15, 0.2) is 0 Å². The molecule has 4 nitrogen and oxygen atoms in total. The summed E-state index contributed by atoms with van der Waals surface area (Å²) in [7, 11) is 0. The van der Waals surface area contributed by atoms with E-state index in [4.69, 9.17) is 4.74 Å². The number of halogens is 2. The molecular weight excluding hydrogens is 316 g/mol. The van der Waals surface area contributed by atoms with Gasteiger partial charge in [-0.3, -0.25) is 4.79 Å². The lowest BCUT2D eigenvalue weighted by molar-refractivity contribution is -0.137. The summed E-state index contributed by atoms with van der Waals surface area (Å²) in [4.78, 5) is 24.4. The Morgan fingerprint density at radius 1 is 0.958 bits per heavy atom. The lowest BCUT2D eigenvalue weighted by Gasteiger charge is -2.21. The summed E-state index contributed by atoms with van der Waals surface area (Å²) in [5.41, 5.74) is -0.726. The first kappa shape index (κ1) is 17.6. The van der Waals surface area contributed by atoms with Crippen molar-refractivity contribution in [2.24, 2.45) is 5.92 Å². The van der Waals surface area contributed by atoms with Crippen LogP contribution in [-0.2, 0) is 4.79 Å². The average Bonchev–Trinajstić information content (AvgIpc) is 2.53. The molecule has 0 unspecified atom stereocenters. The topological polar surface area (TPSA) is 55.4 Å². The highest BCUT2D eigenvalue weighted by Crippen LogP contribution is 2.15. The van der Waals surface area contributed by atoms with Crippen LogP contribution in [0.3, 0.4) is 0 Å². The largest absolute Gasteiger partial charge is 0.425 e. The summed E-state index contributed by atoms with van der Waals surface area (Å²) in [6, 6.07) is 10.4. The van der Waals surface area contributed by atoms with E-state index in [-0.39, 0.29) is 5.92 Å². The minimum absolute atomic E-state index is 0.319. The molecule has 1 amide bonds. The molecule has 1 N–H and O–H groups in total. The third-order valence-corrected chi connectivity index (χ3v) is 3.36. The number of hydrogen-bond acceptors (Lipinski definition) is 3.